The van der Waals surface area contributed by atoms with Crippen molar-refractivity contribution in [2.24, 2.45) is 0 Å². The summed E-state index contributed by atoms with van der Waals surface area (Å²) in [5.41, 5.74) is 4.53. The van der Waals surface area contributed by atoms with E-state index in [-0.39, 0.29) is 10.8 Å². The third-order valence-corrected chi connectivity index (χ3v) is 7.28. The van der Waals surface area contributed by atoms with Gasteiger partial charge in [-0.1, -0.05) is 25.1 Å². The van der Waals surface area contributed by atoms with E-state index in [1.807, 2.05) is 36.6 Å². The summed E-state index contributed by atoms with van der Waals surface area (Å²) >= 11 is 0. The van der Waals surface area contributed by atoms with Gasteiger partial charge in [-0.25, -0.2) is 17.7 Å². The van der Waals surface area contributed by atoms with Gasteiger partial charge in [0, 0.05) is 39.2 Å². The summed E-state index contributed by atoms with van der Waals surface area (Å²) in [4.78, 5) is 17.5. The molecule has 0 aliphatic carbocycles. The van der Waals surface area contributed by atoms with Gasteiger partial charge in [0.05, 0.1) is 15.9 Å². The molecule has 0 saturated heterocycles. The molecular formula is C23H30N4O3S. The van der Waals surface area contributed by atoms with E-state index in [1.54, 1.807) is 18.2 Å². The molecule has 0 saturated carbocycles. The van der Waals surface area contributed by atoms with Crippen molar-refractivity contribution >= 4 is 32.7 Å². The van der Waals surface area contributed by atoms with Gasteiger partial charge in [-0.3, -0.25) is 4.79 Å². The number of aryl methyl sites for hydroxylation is 4. The van der Waals surface area contributed by atoms with Crippen LogP contribution in [0.1, 0.15) is 37.2 Å². The number of hydrogen-bond donors (Lipinski definition) is 1. The van der Waals surface area contributed by atoms with Crippen LogP contribution in [-0.2, 0) is 34.2 Å². The van der Waals surface area contributed by atoms with Gasteiger partial charge < -0.3 is 9.88 Å². The molecule has 2 aromatic carbocycles. The monoisotopic (exact) mass is 442 g/mol. The van der Waals surface area contributed by atoms with E-state index in [2.05, 4.69) is 17.2 Å². The first-order valence-electron chi connectivity index (χ1n) is 10.5. The molecule has 3 aromatic rings. The molecule has 166 valence electrons. The minimum Gasteiger partial charge on any atom is -0.328 e. The van der Waals surface area contributed by atoms with E-state index < -0.39 is 10.0 Å². The third kappa shape index (κ3) is 4.65. The second-order valence-corrected chi connectivity index (χ2v) is 9.87. The zero-order valence-electron chi connectivity index (χ0n) is 18.8. The van der Waals surface area contributed by atoms with Crippen molar-refractivity contribution in [3.05, 3.63) is 53.3 Å². The molecule has 31 heavy (non-hydrogen) atoms. The molecule has 0 fully saturated rings. The van der Waals surface area contributed by atoms with Crippen molar-refractivity contribution in [3.63, 3.8) is 0 Å². The minimum absolute atomic E-state index is 0.0606. The van der Waals surface area contributed by atoms with E-state index in [0.29, 0.717) is 24.9 Å². The Labute approximate surface area is 184 Å². The number of amides is 1. The average Bonchev–Trinajstić information content (AvgIpc) is 3.10. The van der Waals surface area contributed by atoms with Gasteiger partial charge in [-0.15, -0.1) is 0 Å². The van der Waals surface area contributed by atoms with Crippen molar-refractivity contribution < 1.29 is 13.2 Å². The molecule has 8 heteroatoms. The Morgan fingerprint density at radius 2 is 1.90 bits per heavy atom. The molecule has 0 aliphatic rings. The summed E-state index contributed by atoms with van der Waals surface area (Å²) in [7, 11) is -0.517. The largest absolute Gasteiger partial charge is 0.328 e. The first-order valence-corrected chi connectivity index (χ1v) is 11.9. The average molecular weight is 443 g/mol. The number of para-hydroxylation sites is 1. The molecule has 0 atom stereocenters. The lowest BCUT2D eigenvalue weighted by molar-refractivity contribution is -0.116. The summed E-state index contributed by atoms with van der Waals surface area (Å²) in [5.74, 6) is 0.710. The Hall–Kier alpha value is -2.71. The summed E-state index contributed by atoms with van der Waals surface area (Å²) < 4.78 is 28.1. The molecule has 7 nitrogen and oxygen atoms in total. The Morgan fingerprint density at radius 3 is 2.55 bits per heavy atom. The Bertz CT molecular complexity index is 1210. The number of carbonyl (C=O) groups excluding carboxylic acids is 1. The molecule has 1 aromatic heterocycles. The number of anilines is 1. The van der Waals surface area contributed by atoms with Crippen molar-refractivity contribution in [1.82, 2.24) is 13.9 Å². The van der Waals surface area contributed by atoms with Crippen LogP contribution in [0.15, 0.2) is 41.3 Å². The van der Waals surface area contributed by atoms with Gasteiger partial charge in [-0.05, 0) is 49.6 Å². The van der Waals surface area contributed by atoms with Crippen molar-refractivity contribution in [1.29, 1.82) is 0 Å². The molecule has 1 N–H and O–H groups in total. The lowest BCUT2D eigenvalue weighted by Gasteiger charge is -2.13. The molecule has 0 bridgehead atoms. The molecule has 0 unspecified atom stereocenters. The summed E-state index contributed by atoms with van der Waals surface area (Å²) in [6.45, 7) is 6.75. The standard InChI is InChI=1S/C23H30N4O3S/c1-6-17-10-8-9-16(3)23(17)25-22(28)14-13-21-24-19-15-18(31(29,30)26(4)5)11-12-20(19)27(21)7-2/h8-12,15H,6-7,13-14H2,1-5H3,(H,25,28). The lowest BCUT2D eigenvalue weighted by Crippen LogP contribution is -2.22. The lowest BCUT2D eigenvalue weighted by atomic mass is 10.1. The van der Waals surface area contributed by atoms with Gasteiger partial charge in [-0.2, -0.15) is 0 Å². The topological polar surface area (TPSA) is 84.3 Å². The van der Waals surface area contributed by atoms with Gasteiger partial charge in [0.15, 0.2) is 0 Å². The number of benzene rings is 2. The Morgan fingerprint density at radius 1 is 1.16 bits per heavy atom. The fourth-order valence-corrected chi connectivity index (χ4v) is 4.63. The summed E-state index contributed by atoms with van der Waals surface area (Å²) in [5, 5.41) is 3.05. The SMILES string of the molecule is CCc1cccc(C)c1NC(=O)CCc1nc2cc(S(=O)(=O)N(C)C)ccc2n1CC. The molecule has 0 radical (unpaired) electrons. The highest BCUT2D eigenvalue weighted by Gasteiger charge is 2.20. The molecular weight excluding hydrogens is 412 g/mol. The van der Waals surface area contributed by atoms with Crippen molar-refractivity contribution in [2.45, 2.75) is 51.5 Å². The maximum atomic E-state index is 12.6. The van der Waals surface area contributed by atoms with E-state index in [4.69, 9.17) is 0 Å². The quantitative estimate of drug-likeness (QED) is 0.576. The van der Waals surface area contributed by atoms with Crippen LogP contribution in [0.25, 0.3) is 11.0 Å². The van der Waals surface area contributed by atoms with Gasteiger partial charge in [0.25, 0.3) is 0 Å². The van der Waals surface area contributed by atoms with Crippen LogP contribution in [-0.4, -0.2) is 42.3 Å². The van der Waals surface area contributed by atoms with E-state index >= 15 is 0 Å². The van der Waals surface area contributed by atoms with Crippen LogP contribution in [0.5, 0.6) is 0 Å². The summed E-state index contributed by atoms with van der Waals surface area (Å²) in [6.07, 6.45) is 1.61. The van der Waals surface area contributed by atoms with E-state index in [0.717, 1.165) is 34.6 Å². The highest BCUT2D eigenvalue weighted by molar-refractivity contribution is 7.89. The van der Waals surface area contributed by atoms with Crippen LogP contribution in [0.3, 0.4) is 0 Å². The van der Waals surface area contributed by atoms with Gasteiger partial charge in [0.1, 0.15) is 5.82 Å². The van der Waals surface area contributed by atoms with Crippen molar-refractivity contribution in [3.8, 4) is 0 Å². The number of imidazole rings is 1. The zero-order chi connectivity index (χ0) is 22.8. The second-order valence-electron chi connectivity index (χ2n) is 7.72. The van der Waals surface area contributed by atoms with Crippen molar-refractivity contribution in [2.75, 3.05) is 19.4 Å². The summed E-state index contributed by atoms with van der Waals surface area (Å²) in [6, 6.07) is 11.0. The Balaban J connectivity index is 1.82. The van der Waals surface area contributed by atoms with Crippen LogP contribution in [0.2, 0.25) is 0 Å². The van der Waals surface area contributed by atoms with E-state index in [9.17, 15) is 13.2 Å². The van der Waals surface area contributed by atoms with Crippen LogP contribution < -0.4 is 5.32 Å². The maximum Gasteiger partial charge on any atom is 0.242 e. The predicted molar refractivity (Wildman–Crippen MR) is 124 cm³/mol. The van der Waals surface area contributed by atoms with Gasteiger partial charge >= 0.3 is 0 Å². The number of nitrogens with zero attached hydrogens (tertiary/aromatic N) is 3. The third-order valence-electron chi connectivity index (χ3n) is 5.47. The first kappa shape index (κ1) is 23.0. The first-order chi connectivity index (χ1) is 14.7. The number of carbonyl (C=O) groups is 1. The Kier molecular flexibility index (Phi) is 6.81. The van der Waals surface area contributed by atoms with Crippen LogP contribution in [0.4, 0.5) is 5.69 Å². The zero-order valence-corrected chi connectivity index (χ0v) is 19.6. The fourth-order valence-electron chi connectivity index (χ4n) is 3.70. The molecule has 1 amide bonds. The molecule has 3 rings (SSSR count). The highest BCUT2D eigenvalue weighted by Crippen LogP contribution is 2.24. The van der Waals surface area contributed by atoms with E-state index in [1.165, 1.54) is 18.4 Å². The highest BCUT2D eigenvalue weighted by atomic mass is 32.2. The number of fused-ring (bicyclic) bond motifs is 1. The molecule has 0 spiro atoms. The predicted octanol–water partition coefficient (Wildman–Crippen LogP) is 3.75. The van der Waals surface area contributed by atoms with Gasteiger partial charge in [0.2, 0.25) is 15.9 Å². The number of sulfonamides is 1. The number of hydrogen-bond acceptors (Lipinski definition) is 4. The maximum absolute atomic E-state index is 12.6. The van der Waals surface area contributed by atoms with Crippen LogP contribution >= 0.6 is 0 Å². The van der Waals surface area contributed by atoms with Crippen LogP contribution in [0, 0.1) is 6.92 Å². The second kappa shape index (κ2) is 9.20. The smallest absolute Gasteiger partial charge is 0.242 e. The molecule has 1 heterocycles. The number of nitrogens with one attached hydrogen (secondary N) is 1. The number of rotatable bonds is 8. The number of aromatic nitrogens is 2. The molecule has 0 aliphatic heterocycles. The normalized spacial score (nSPS) is 11.9. The fraction of sp³-hybridized carbons (Fsp3) is 0.391. The minimum atomic E-state index is -3.53.